The van der Waals surface area contributed by atoms with Crippen LogP contribution in [0.1, 0.15) is 13.3 Å². The van der Waals surface area contributed by atoms with E-state index in [1.807, 2.05) is 6.92 Å². The number of aliphatic hydroxyl groups is 3. The number of thioether (sulfide) groups is 1. The van der Waals surface area contributed by atoms with E-state index in [1.165, 1.54) is 11.8 Å². The highest BCUT2D eigenvalue weighted by Gasteiger charge is 2.32. The Morgan fingerprint density at radius 3 is 2.40 bits per heavy atom. The lowest BCUT2D eigenvalue weighted by atomic mass is 10.1. The molecule has 1 aliphatic rings. The minimum Gasteiger partial charge on any atom is -0.390 e. The zero-order valence-electron chi connectivity index (χ0n) is 5.77. The lowest BCUT2D eigenvalue weighted by Gasteiger charge is -2.31. The zero-order valence-corrected chi connectivity index (χ0v) is 6.58. The van der Waals surface area contributed by atoms with Crippen molar-refractivity contribution in [1.82, 2.24) is 0 Å². The van der Waals surface area contributed by atoms with E-state index in [0.29, 0.717) is 6.42 Å². The second kappa shape index (κ2) is 3.09. The van der Waals surface area contributed by atoms with Crippen LogP contribution in [0.3, 0.4) is 0 Å². The molecule has 4 atom stereocenters. The first kappa shape index (κ1) is 8.33. The molecule has 4 heteroatoms. The van der Waals surface area contributed by atoms with Gasteiger partial charge in [-0.3, -0.25) is 0 Å². The Kier molecular flexibility index (Phi) is 2.57. The van der Waals surface area contributed by atoms with E-state index in [1.54, 1.807) is 0 Å². The Labute approximate surface area is 64.1 Å². The van der Waals surface area contributed by atoms with E-state index >= 15 is 0 Å². The zero-order chi connectivity index (χ0) is 7.72. The minimum atomic E-state index is -0.971. The molecule has 0 amide bonds. The van der Waals surface area contributed by atoms with Crippen molar-refractivity contribution in [3.05, 3.63) is 0 Å². The summed E-state index contributed by atoms with van der Waals surface area (Å²) in [6.07, 6.45) is -1.17. The topological polar surface area (TPSA) is 60.7 Å². The van der Waals surface area contributed by atoms with E-state index in [-0.39, 0.29) is 5.25 Å². The molecular formula is C6H12O3S. The summed E-state index contributed by atoms with van der Waals surface area (Å²) in [5.41, 5.74) is -0.821. The van der Waals surface area contributed by atoms with Crippen molar-refractivity contribution in [2.45, 2.75) is 36.2 Å². The van der Waals surface area contributed by atoms with E-state index < -0.39 is 17.6 Å². The van der Waals surface area contributed by atoms with Crippen LogP contribution in [0.2, 0.25) is 0 Å². The minimum absolute atomic E-state index is 0.230. The predicted molar refractivity (Wildman–Crippen MR) is 39.7 cm³/mol. The third kappa shape index (κ3) is 1.63. The van der Waals surface area contributed by atoms with Gasteiger partial charge in [0.25, 0.3) is 0 Å². The van der Waals surface area contributed by atoms with Gasteiger partial charge in [-0.25, -0.2) is 0 Å². The molecule has 1 saturated heterocycles. The summed E-state index contributed by atoms with van der Waals surface area (Å²) in [5, 5.41) is 27.4. The van der Waals surface area contributed by atoms with Crippen molar-refractivity contribution in [1.29, 1.82) is 0 Å². The Bertz CT molecular complexity index is 108. The van der Waals surface area contributed by atoms with E-state index in [2.05, 4.69) is 0 Å². The fourth-order valence-electron chi connectivity index (χ4n) is 1.04. The van der Waals surface area contributed by atoms with Gasteiger partial charge in [0.1, 0.15) is 11.5 Å². The molecule has 3 nitrogen and oxygen atoms in total. The van der Waals surface area contributed by atoms with Gasteiger partial charge in [0, 0.05) is 5.25 Å². The molecular weight excluding hydrogens is 152 g/mol. The lowest BCUT2D eigenvalue weighted by Crippen LogP contribution is -2.42. The van der Waals surface area contributed by atoms with Crippen LogP contribution in [-0.2, 0) is 0 Å². The van der Waals surface area contributed by atoms with Gasteiger partial charge in [-0.2, -0.15) is 0 Å². The number of aliphatic hydroxyl groups excluding tert-OH is 3. The summed E-state index contributed by atoms with van der Waals surface area (Å²) < 4.78 is 0. The standard InChI is InChI=1S/C6H12O3S/c1-3-2-4(7)5(8)6(9)10-3/h3-9H,2H2,1H3/t3-,4?,5-,6?/m1/s1. The molecule has 0 aromatic carbocycles. The molecule has 1 fully saturated rings. The average molecular weight is 164 g/mol. The van der Waals surface area contributed by atoms with Crippen molar-refractivity contribution < 1.29 is 15.3 Å². The van der Waals surface area contributed by atoms with Crippen LogP contribution < -0.4 is 0 Å². The molecule has 0 aromatic heterocycles. The largest absolute Gasteiger partial charge is 0.390 e. The molecule has 0 spiro atoms. The lowest BCUT2D eigenvalue weighted by molar-refractivity contribution is -0.0356. The summed E-state index contributed by atoms with van der Waals surface area (Å²) in [6.45, 7) is 1.92. The molecule has 2 unspecified atom stereocenters. The maximum atomic E-state index is 9.10. The first-order chi connectivity index (χ1) is 4.61. The first-order valence-electron chi connectivity index (χ1n) is 3.31. The Morgan fingerprint density at radius 2 is 1.90 bits per heavy atom. The molecule has 10 heavy (non-hydrogen) atoms. The van der Waals surface area contributed by atoms with Gasteiger partial charge in [-0.1, -0.05) is 6.92 Å². The first-order valence-corrected chi connectivity index (χ1v) is 4.25. The molecule has 0 radical (unpaired) electrons. The molecule has 0 saturated carbocycles. The summed E-state index contributed by atoms with van der Waals surface area (Å²) in [5.74, 6) is 0. The molecule has 0 aliphatic carbocycles. The number of hydrogen-bond donors (Lipinski definition) is 3. The van der Waals surface area contributed by atoms with Crippen LogP contribution in [0, 0.1) is 0 Å². The SMILES string of the molecule is C[C@@H]1CC(O)[C@@H](O)C(O)S1. The smallest absolute Gasteiger partial charge is 0.128 e. The van der Waals surface area contributed by atoms with E-state index in [9.17, 15) is 0 Å². The molecule has 0 bridgehead atoms. The third-order valence-electron chi connectivity index (χ3n) is 1.63. The third-order valence-corrected chi connectivity index (χ3v) is 2.85. The Hall–Kier alpha value is 0.230. The highest BCUT2D eigenvalue weighted by molar-refractivity contribution is 8.00. The van der Waals surface area contributed by atoms with Crippen LogP contribution in [-0.4, -0.2) is 38.2 Å². The fourth-order valence-corrected chi connectivity index (χ4v) is 2.17. The number of hydrogen-bond acceptors (Lipinski definition) is 4. The fraction of sp³-hybridized carbons (Fsp3) is 1.00. The summed E-state index contributed by atoms with van der Waals surface area (Å²) >= 11 is 1.30. The van der Waals surface area contributed by atoms with Crippen LogP contribution in [0.25, 0.3) is 0 Å². The maximum Gasteiger partial charge on any atom is 0.128 e. The summed E-state index contributed by atoms with van der Waals surface area (Å²) in [6, 6.07) is 0. The molecule has 60 valence electrons. The molecule has 0 aromatic rings. The van der Waals surface area contributed by atoms with Crippen LogP contribution in [0.5, 0.6) is 0 Å². The monoisotopic (exact) mass is 164 g/mol. The van der Waals surface area contributed by atoms with Crippen molar-refractivity contribution >= 4 is 11.8 Å². The van der Waals surface area contributed by atoms with Gasteiger partial charge in [0.05, 0.1) is 6.10 Å². The van der Waals surface area contributed by atoms with Gasteiger partial charge in [-0.15, -0.1) is 11.8 Å². The Morgan fingerprint density at radius 1 is 1.30 bits per heavy atom. The van der Waals surface area contributed by atoms with Gasteiger partial charge >= 0.3 is 0 Å². The van der Waals surface area contributed by atoms with Crippen LogP contribution in [0.15, 0.2) is 0 Å². The molecule has 1 aliphatic heterocycles. The van der Waals surface area contributed by atoms with E-state index in [4.69, 9.17) is 15.3 Å². The molecule has 1 rings (SSSR count). The highest BCUT2D eigenvalue weighted by atomic mass is 32.2. The van der Waals surface area contributed by atoms with Crippen LogP contribution >= 0.6 is 11.8 Å². The number of rotatable bonds is 0. The predicted octanol–water partition coefficient (Wildman–Crippen LogP) is -0.448. The Balaban J connectivity index is 2.49. The van der Waals surface area contributed by atoms with Crippen molar-refractivity contribution in [2.75, 3.05) is 0 Å². The van der Waals surface area contributed by atoms with Crippen molar-refractivity contribution in [2.24, 2.45) is 0 Å². The van der Waals surface area contributed by atoms with Crippen LogP contribution in [0.4, 0.5) is 0 Å². The van der Waals surface area contributed by atoms with Gasteiger partial charge in [0.15, 0.2) is 0 Å². The summed E-state index contributed by atoms with van der Waals surface area (Å²) in [7, 11) is 0. The van der Waals surface area contributed by atoms with Crippen molar-refractivity contribution in [3.8, 4) is 0 Å². The highest BCUT2D eigenvalue weighted by Crippen LogP contribution is 2.30. The average Bonchev–Trinajstić information content (AvgIpc) is 1.82. The normalized spacial score (nSPS) is 49.2. The second-order valence-corrected chi connectivity index (χ2v) is 4.19. The maximum absolute atomic E-state index is 9.10. The van der Waals surface area contributed by atoms with Gasteiger partial charge in [-0.05, 0) is 6.42 Å². The van der Waals surface area contributed by atoms with E-state index in [0.717, 1.165) is 0 Å². The second-order valence-electron chi connectivity index (χ2n) is 2.63. The van der Waals surface area contributed by atoms with Crippen molar-refractivity contribution in [3.63, 3.8) is 0 Å². The molecule has 1 heterocycles. The quantitative estimate of drug-likeness (QED) is 0.454. The van der Waals surface area contributed by atoms with Gasteiger partial charge in [0.2, 0.25) is 0 Å². The summed E-state index contributed by atoms with van der Waals surface area (Å²) in [4.78, 5) is 0. The molecule has 3 N–H and O–H groups in total. The van der Waals surface area contributed by atoms with Gasteiger partial charge < -0.3 is 15.3 Å².